The van der Waals surface area contributed by atoms with Crippen molar-refractivity contribution in [1.29, 1.82) is 0 Å². The fraction of sp³-hybridized carbons (Fsp3) is 0.211. The zero-order chi connectivity index (χ0) is 19.8. The predicted octanol–water partition coefficient (Wildman–Crippen LogP) is 3.60. The van der Waals surface area contributed by atoms with Crippen molar-refractivity contribution in [3.8, 4) is 11.5 Å². The average Bonchev–Trinajstić information content (AvgIpc) is 2.67. The molecule has 0 atom stereocenters. The molecule has 0 saturated carbocycles. The number of rotatable bonds is 7. The molecule has 0 aliphatic rings. The van der Waals surface area contributed by atoms with E-state index in [1.54, 1.807) is 31.2 Å². The normalized spacial score (nSPS) is 10.9. The number of halogens is 1. The van der Waals surface area contributed by atoms with Crippen LogP contribution in [0.25, 0.3) is 0 Å². The number of hydrogen-bond donors (Lipinski definition) is 2. The van der Waals surface area contributed by atoms with Crippen molar-refractivity contribution in [2.45, 2.75) is 13.3 Å². The Balaban J connectivity index is 1.95. The van der Waals surface area contributed by atoms with Gasteiger partial charge >= 0.3 is 0 Å². The van der Waals surface area contributed by atoms with Crippen LogP contribution in [0.1, 0.15) is 23.7 Å². The molecule has 7 nitrogen and oxygen atoms in total. The van der Waals surface area contributed by atoms with Gasteiger partial charge in [0.15, 0.2) is 11.5 Å². The molecule has 0 aromatic heterocycles. The number of hydrogen-bond acceptors (Lipinski definition) is 5. The van der Waals surface area contributed by atoms with Gasteiger partial charge in [-0.3, -0.25) is 9.59 Å². The Kier molecular flexibility index (Phi) is 7.36. The smallest absolute Gasteiger partial charge is 0.271 e. The summed E-state index contributed by atoms with van der Waals surface area (Å²) < 4.78 is 11.1. The van der Waals surface area contributed by atoms with Gasteiger partial charge in [-0.05, 0) is 53.2 Å². The second-order valence-corrected chi connectivity index (χ2v) is 6.42. The van der Waals surface area contributed by atoms with Crippen molar-refractivity contribution >= 4 is 39.1 Å². The van der Waals surface area contributed by atoms with Gasteiger partial charge in [-0.1, -0.05) is 12.1 Å². The maximum atomic E-state index is 12.2. The Hall–Kier alpha value is -2.87. The highest BCUT2D eigenvalue weighted by Gasteiger charge is 2.11. The lowest BCUT2D eigenvalue weighted by Crippen LogP contribution is -2.21. The van der Waals surface area contributed by atoms with Gasteiger partial charge in [0.05, 0.1) is 26.3 Å². The first-order valence-electron chi connectivity index (χ1n) is 8.04. The number of anilines is 1. The summed E-state index contributed by atoms with van der Waals surface area (Å²) in [6, 6.07) is 12.1. The maximum Gasteiger partial charge on any atom is 0.271 e. The molecule has 0 spiro atoms. The molecule has 0 fully saturated rings. The van der Waals surface area contributed by atoms with E-state index in [1.165, 1.54) is 14.2 Å². The van der Waals surface area contributed by atoms with Crippen molar-refractivity contribution in [1.82, 2.24) is 5.43 Å². The molecule has 2 aromatic carbocycles. The van der Waals surface area contributed by atoms with Crippen LogP contribution in [0.2, 0.25) is 0 Å². The lowest BCUT2D eigenvalue weighted by atomic mass is 10.2. The molecule has 0 heterocycles. The van der Waals surface area contributed by atoms with E-state index in [0.29, 0.717) is 28.5 Å². The molecule has 2 aromatic rings. The third kappa shape index (κ3) is 5.82. The lowest BCUT2D eigenvalue weighted by Gasteiger charge is -2.09. The van der Waals surface area contributed by atoms with Gasteiger partial charge < -0.3 is 14.8 Å². The minimum Gasteiger partial charge on any atom is -0.493 e. The summed E-state index contributed by atoms with van der Waals surface area (Å²) in [6.07, 6.45) is 0.0492. The molecule has 0 aliphatic carbocycles. The summed E-state index contributed by atoms with van der Waals surface area (Å²) in [6.45, 7) is 1.66. The molecule has 2 N–H and O–H groups in total. The van der Waals surface area contributed by atoms with E-state index in [1.807, 2.05) is 18.2 Å². The Morgan fingerprint density at radius 1 is 1.07 bits per heavy atom. The molecule has 27 heavy (non-hydrogen) atoms. The first-order chi connectivity index (χ1) is 12.9. The van der Waals surface area contributed by atoms with E-state index in [0.717, 1.165) is 4.47 Å². The number of nitrogens with zero attached hydrogens (tertiary/aromatic N) is 1. The number of hydrazone groups is 1. The predicted molar refractivity (Wildman–Crippen MR) is 108 cm³/mol. The first-order valence-corrected chi connectivity index (χ1v) is 8.83. The molecular formula is C19H20BrN3O4. The van der Waals surface area contributed by atoms with E-state index < -0.39 is 5.91 Å². The van der Waals surface area contributed by atoms with Crippen molar-refractivity contribution in [3.05, 3.63) is 52.5 Å². The largest absolute Gasteiger partial charge is 0.493 e. The molecule has 8 heteroatoms. The highest BCUT2D eigenvalue weighted by Crippen LogP contribution is 2.27. The molecule has 0 saturated heterocycles. The summed E-state index contributed by atoms with van der Waals surface area (Å²) in [5.74, 6) is 0.321. The molecule has 2 amide bonds. The van der Waals surface area contributed by atoms with Crippen LogP contribution in [0.15, 0.2) is 52.0 Å². The Bertz CT molecular complexity index is 868. The zero-order valence-corrected chi connectivity index (χ0v) is 16.8. The van der Waals surface area contributed by atoms with Crippen molar-refractivity contribution < 1.29 is 19.1 Å². The second-order valence-electron chi connectivity index (χ2n) is 5.56. The van der Waals surface area contributed by atoms with E-state index >= 15 is 0 Å². The molecule has 0 radical (unpaired) electrons. The van der Waals surface area contributed by atoms with Crippen LogP contribution < -0.4 is 20.2 Å². The Labute approximate surface area is 165 Å². The van der Waals surface area contributed by atoms with E-state index in [2.05, 4.69) is 31.8 Å². The Morgan fingerprint density at radius 2 is 1.78 bits per heavy atom. The lowest BCUT2D eigenvalue weighted by molar-refractivity contribution is -0.115. The number of nitrogens with one attached hydrogen (secondary N) is 2. The zero-order valence-electron chi connectivity index (χ0n) is 15.2. The minimum absolute atomic E-state index is 0.0492. The number of benzene rings is 2. The summed E-state index contributed by atoms with van der Waals surface area (Å²) in [7, 11) is 3.01. The van der Waals surface area contributed by atoms with Gasteiger partial charge in [0.1, 0.15) is 0 Å². The molecule has 2 rings (SSSR count). The second kappa shape index (κ2) is 9.72. The van der Waals surface area contributed by atoms with Gasteiger partial charge in [0, 0.05) is 15.7 Å². The average molecular weight is 434 g/mol. The van der Waals surface area contributed by atoms with Crippen LogP contribution in [-0.2, 0) is 4.79 Å². The van der Waals surface area contributed by atoms with E-state index in [9.17, 15) is 9.59 Å². The number of ether oxygens (including phenoxy) is 2. The number of carbonyl (C=O) groups is 2. The SMILES string of the molecule is COc1ccc(C(=O)NN=C(C)CC(=O)Nc2ccccc2Br)cc1OC. The minimum atomic E-state index is -0.415. The summed E-state index contributed by atoms with van der Waals surface area (Å²) >= 11 is 3.37. The first kappa shape index (κ1) is 20.4. The molecular weight excluding hydrogens is 414 g/mol. The van der Waals surface area contributed by atoms with Crippen LogP contribution in [0, 0.1) is 0 Å². The monoisotopic (exact) mass is 433 g/mol. The summed E-state index contributed by atoms with van der Waals surface area (Å²) in [4.78, 5) is 24.3. The number of carbonyl (C=O) groups excluding carboxylic acids is 2. The van der Waals surface area contributed by atoms with Gasteiger partial charge in [0.25, 0.3) is 5.91 Å². The van der Waals surface area contributed by atoms with Gasteiger partial charge in [0.2, 0.25) is 5.91 Å². The number of para-hydroxylation sites is 1. The van der Waals surface area contributed by atoms with Crippen LogP contribution in [0.3, 0.4) is 0 Å². The highest BCUT2D eigenvalue weighted by molar-refractivity contribution is 9.10. The molecule has 0 unspecified atom stereocenters. The third-order valence-corrected chi connectivity index (χ3v) is 4.25. The fourth-order valence-electron chi connectivity index (χ4n) is 2.22. The van der Waals surface area contributed by atoms with Crippen molar-refractivity contribution in [3.63, 3.8) is 0 Å². The fourth-order valence-corrected chi connectivity index (χ4v) is 2.60. The van der Waals surface area contributed by atoms with Crippen LogP contribution in [0.5, 0.6) is 11.5 Å². The standard InChI is InChI=1S/C19H20BrN3O4/c1-12(10-18(24)21-15-7-5-4-6-14(15)20)22-23-19(25)13-8-9-16(26-2)17(11-13)27-3/h4-9,11H,10H2,1-3H3,(H,21,24)(H,23,25). The van der Waals surface area contributed by atoms with Crippen molar-refractivity contribution in [2.75, 3.05) is 19.5 Å². The van der Waals surface area contributed by atoms with Gasteiger partial charge in [-0.25, -0.2) is 5.43 Å². The van der Waals surface area contributed by atoms with Crippen LogP contribution >= 0.6 is 15.9 Å². The number of amides is 2. The summed E-state index contributed by atoms with van der Waals surface area (Å²) in [5, 5.41) is 6.75. The highest BCUT2D eigenvalue weighted by atomic mass is 79.9. The van der Waals surface area contributed by atoms with Crippen LogP contribution in [-0.4, -0.2) is 31.7 Å². The van der Waals surface area contributed by atoms with Gasteiger partial charge in [-0.15, -0.1) is 0 Å². The summed E-state index contributed by atoms with van der Waals surface area (Å²) in [5.41, 5.74) is 3.93. The maximum absolute atomic E-state index is 12.2. The van der Waals surface area contributed by atoms with E-state index in [4.69, 9.17) is 9.47 Å². The van der Waals surface area contributed by atoms with Gasteiger partial charge in [-0.2, -0.15) is 5.10 Å². The van der Waals surface area contributed by atoms with E-state index in [-0.39, 0.29) is 12.3 Å². The quantitative estimate of drug-likeness (QED) is 0.515. The topological polar surface area (TPSA) is 89.0 Å². The van der Waals surface area contributed by atoms with Crippen LogP contribution in [0.4, 0.5) is 5.69 Å². The molecule has 0 aliphatic heterocycles. The molecule has 0 bridgehead atoms. The van der Waals surface area contributed by atoms with Crippen molar-refractivity contribution in [2.24, 2.45) is 5.10 Å². The molecule has 142 valence electrons. The Morgan fingerprint density at radius 3 is 2.44 bits per heavy atom. The number of methoxy groups -OCH3 is 2. The third-order valence-electron chi connectivity index (χ3n) is 3.56.